The van der Waals surface area contributed by atoms with Crippen molar-refractivity contribution in [2.45, 2.75) is 6.42 Å². The molecule has 0 atom stereocenters. The first-order valence-corrected chi connectivity index (χ1v) is 6.73. The summed E-state index contributed by atoms with van der Waals surface area (Å²) in [6, 6.07) is 10.4. The number of hydrogen-bond donors (Lipinski definition) is 2. The van der Waals surface area contributed by atoms with Gasteiger partial charge >= 0.3 is 0 Å². The zero-order valence-electron chi connectivity index (χ0n) is 11.1. The van der Waals surface area contributed by atoms with Crippen LogP contribution in [0.25, 0.3) is 0 Å². The van der Waals surface area contributed by atoms with Crippen molar-refractivity contribution in [3.05, 3.63) is 47.0 Å². The molecule has 1 amide bonds. The number of hydrogen-bond acceptors (Lipinski definition) is 4. The van der Waals surface area contributed by atoms with Crippen molar-refractivity contribution in [3.8, 4) is 11.5 Å². The molecule has 1 heterocycles. The van der Waals surface area contributed by atoms with E-state index in [1.54, 1.807) is 24.3 Å². The minimum absolute atomic E-state index is 0.161. The summed E-state index contributed by atoms with van der Waals surface area (Å²) in [6.45, 7) is 0.161. The van der Waals surface area contributed by atoms with Gasteiger partial charge in [-0.05, 0) is 17.7 Å². The Kier molecular flexibility index (Phi) is 3.58. The predicted molar refractivity (Wildman–Crippen MR) is 80.8 cm³/mol. The smallest absolute Gasteiger partial charge is 0.231 e. The number of nitrogens with one attached hydrogen (secondary N) is 1. The summed E-state index contributed by atoms with van der Waals surface area (Å²) in [5.74, 6) is 0.985. The van der Waals surface area contributed by atoms with Gasteiger partial charge in [-0.15, -0.1) is 0 Å². The van der Waals surface area contributed by atoms with Crippen molar-refractivity contribution in [2.24, 2.45) is 0 Å². The topological polar surface area (TPSA) is 73.6 Å². The Morgan fingerprint density at radius 3 is 2.57 bits per heavy atom. The van der Waals surface area contributed by atoms with Crippen LogP contribution in [0.3, 0.4) is 0 Å². The molecule has 0 saturated carbocycles. The van der Waals surface area contributed by atoms with Crippen LogP contribution >= 0.6 is 11.6 Å². The number of carbonyl (C=O) groups is 1. The van der Waals surface area contributed by atoms with Crippen LogP contribution in [-0.2, 0) is 11.2 Å². The lowest BCUT2D eigenvalue weighted by molar-refractivity contribution is -0.115. The van der Waals surface area contributed by atoms with E-state index in [1.165, 1.54) is 0 Å². The maximum absolute atomic E-state index is 12.0. The van der Waals surface area contributed by atoms with Crippen molar-refractivity contribution >= 4 is 28.9 Å². The first kappa shape index (κ1) is 13.6. The highest BCUT2D eigenvalue weighted by atomic mass is 35.5. The first-order chi connectivity index (χ1) is 10.1. The van der Waals surface area contributed by atoms with Crippen LogP contribution in [-0.4, -0.2) is 12.7 Å². The quantitative estimate of drug-likeness (QED) is 0.855. The number of anilines is 2. The summed E-state index contributed by atoms with van der Waals surface area (Å²) in [4.78, 5) is 12.0. The van der Waals surface area contributed by atoms with E-state index in [2.05, 4.69) is 5.32 Å². The molecule has 108 valence electrons. The number of benzene rings is 2. The summed E-state index contributed by atoms with van der Waals surface area (Å²) in [5, 5.41) is 3.17. The fourth-order valence-electron chi connectivity index (χ4n) is 2.03. The number of ether oxygens (including phenoxy) is 2. The highest BCUT2D eigenvalue weighted by Crippen LogP contribution is 2.39. The highest BCUT2D eigenvalue weighted by Gasteiger charge is 2.17. The minimum atomic E-state index is -0.166. The van der Waals surface area contributed by atoms with Gasteiger partial charge < -0.3 is 20.5 Å². The standard InChI is InChI=1S/C15H13ClN2O3/c16-11-6-13-14(21-8-20-13)7-12(11)18-15(19)5-9-1-3-10(17)4-2-9/h1-4,6-7H,5,8,17H2,(H,18,19). The maximum Gasteiger partial charge on any atom is 0.231 e. The molecule has 6 heteroatoms. The summed E-state index contributed by atoms with van der Waals surface area (Å²) in [7, 11) is 0. The van der Waals surface area contributed by atoms with E-state index in [1.807, 2.05) is 12.1 Å². The first-order valence-electron chi connectivity index (χ1n) is 6.35. The van der Waals surface area contributed by atoms with Crippen molar-refractivity contribution in [3.63, 3.8) is 0 Å². The number of halogens is 1. The van der Waals surface area contributed by atoms with Gasteiger partial charge in [0.25, 0.3) is 0 Å². The van der Waals surface area contributed by atoms with Gasteiger partial charge in [0.15, 0.2) is 11.5 Å². The van der Waals surface area contributed by atoms with Crippen molar-refractivity contribution in [1.29, 1.82) is 0 Å². The largest absolute Gasteiger partial charge is 0.454 e. The molecule has 0 bridgehead atoms. The Balaban J connectivity index is 1.71. The zero-order valence-corrected chi connectivity index (χ0v) is 11.8. The normalized spacial score (nSPS) is 12.2. The average molecular weight is 305 g/mol. The molecule has 0 spiro atoms. The number of nitrogens with two attached hydrogens (primary N) is 1. The van der Waals surface area contributed by atoms with Crippen molar-refractivity contribution in [1.82, 2.24) is 0 Å². The lowest BCUT2D eigenvalue weighted by atomic mass is 10.1. The van der Waals surface area contributed by atoms with Crippen LogP contribution in [0.15, 0.2) is 36.4 Å². The van der Waals surface area contributed by atoms with Gasteiger partial charge in [-0.2, -0.15) is 0 Å². The number of nitrogen functional groups attached to an aromatic ring is 1. The molecule has 21 heavy (non-hydrogen) atoms. The van der Waals surface area contributed by atoms with Gasteiger partial charge in [0.2, 0.25) is 12.7 Å². The molecular formula is C15H13ClN2O3. The second kappa shape index (κ2) is 5.54. The SMILES string of the molecule is Nc1ccc(CC(=O)Nc2cc3c(cc2Cl)OCO3)cc1. The fourth-order valence-corrected chi connectivity index (χ4v) is 2.23. The summed E-state index contributed by atoms with van der Waals surface area (Å²) in [5.41, 5.74) is 7.65. The van der Waals surface area contributed by atoms with E-state index < -0.39 is 0 Å². The third-order valence-corrected chi connectivity index (χ3v) is 3.39. The molecule has 0 saturated heterocycles. The monoisotopic (exact) mass is 304 g/mol. The minimum Gasteiger partial charge on any atom is -0.454 e. The van der Waals surface area contributed by atoms with E-state index in [0.29, 0.717) is 27.9 Å². The van der Waals surface area contributed by atoms with E-state index in [-0.39, 0.29) is 19.1 Å². The van der Waals surface area contributed by atoms with Crippen LogP contribution < -0.4 is 20.5 Å². The van der Waals surface area contributed by atoms with Crippen LogP contribution in [0.1, 0.15) is 5.56 Å². The molecule has 2 aromatic rings. The third kappa shape index (κ3) is 3.03. The molecule has 0 radical (unpaired) electrons. The van der Waals surface area contributed by atoms with Gasteiger partial charge in [-0.3, -0.25) is 4.79 Å². The molecule has 2 aromatic carbocycles. The van der Waals surface area contributed by atoms with E-state index in [0.717, 1.165) is 5.56 Å². The molecule has 0 aromatic heterocycles. The van der Waals surface area contributed by atoms with Gasteiger partial charge in [-0.1, -0.05) is 23.7 Å². The van der Waals surface area contributed by atoms with Crippen molar-refractivity contribution < 1.29 is 14.3 Å². The number of fused-ring (bicyclic) bond motifs is 1. The molecule has 0 unspecified atom stereocenters. The fraction of sp³-hybridized carbons (Fsp3) is 0.133. The highest BCUT2D eigenvalue weighted by molar-refractivity contribution is 6.34. The molecular weight excluding hydrogens is 292 g/mol. The number of carbonyl (C=O) groups excluding carboxylic acids is 1. The van der Waals surface area contributed by atoms with Gasteiger partial charge in [0.05, 0.1) is 17.1 Å². The lowest BCUT2D eigenvalue weighted by Crippen LogP contribution is -2.14. The lowest BCUT2D eigenvalue weighted by Gasteiger charge is -2.08. The number of rotatable bonds is 3. The average Bonchev–Trinajstić information content (AvgIpc) is 2.89. The second-order valence-corrected chi connectivity index (χ2v) is 5.06. The molecule has 3 rings (SSSR count). The molecule has 0 aliphatic carbocycles. The van der Waals surface area contributed by atoms with Crippen LogP contribution in [0.5, 0.6) is 11.5 Å². The predicted octanol–water partition coefficient (Wildman–Crippen LogP) is 2.83. The molecule has 3 N–H and O–H groups in total. The Morgan fingerprint density at radius 2 is 1.86 bits per heavy atom. The number of amides is 1. The van der Waals surface area contributed by atoms with Crippen LogP contribution in [0, 0.1) is 0 Å². The van der Waals surface area contributed by atoms with E-state index in [9.17, 15) is 4.79 Å². The Morgan fingerprint density at radius 1 is 1.19 bits per heavy atom. The molecule has 1 aliphatic rings. The second-order valence-electron chi connectivity index (χ2n) is 4.65. The molecule has 5 nitrogen and oxygen atoms in total. The summed E-state index contributed by atoms with van der Waals surface area (Å²) >= 11 is 6.11. The van der Waals surface area contributed by atoms with Gasteiger partial charge in [0, 0.05) is 17.8 Å². The van der Waals surface area contributed by atoms with Crippen molar-refractivity contribution in [2.75, 3.05) is 17.8 Å². The van der Waals surface area contributed by atoms with E-state index >= 15 is 0 Å². The summed E-state index contributed by atoms with van der Waals surface area (Å²) in [6.07, 6.45) is 0.241. The molecule has 0 fully saturated rings. The Labute approximate surface area is 126 Å². The zero-order chi connectivity index (χ0) is 14.8. The summed E-state index contributed by atoms with van der Waals surface area (Å²) < 4.78 is 10.5. The van der Waals surface area contributed by atoms with Crippen LogP contribution in [0.2, 0.25) is 5.02 Å². The molecule has 1 aliphatic heterocycles. The third-order valence-electron chi connectivity index (χ3n) is 3.08. The van der Waals surface area contributed by atoms with Gasteiger partial charge in [0.1, 0.15) is 0 Å². The Hall–Kier alpha value is -2.40. The van der Waals surface area contributed by atoms with Crippen LogP contribution in [0.4, 0.5) is 11.4 Å². The van der Waals surface area contributed by atoms with E-state index in [4.69, 9.17) is 26.8 Å². The van der Waals surface area contributed by atoms with Gasteiger partial charge in [-0.25, -0.2) is 0 Å². The Bertz CT molecular complexity index is 686. The maximum atomic E-state index is 12.0.